The fourth-order valence-electron chi connectivity index (χ4n) is 11.7. The quantitative estimate of drug-likeness (QED) is 0.173. The van der Waals surface area contributed by atoms with Crippen molar-refractivity contribution in [1.82, 2.24) is 19.5 Å². The largest absolute Gasteiger partial charge is 0.455 e. The van der Waals surface area contributed by atoms with Crippen molar-refractivity contribution in [1.29, 1.82) is 0 Å². The molecule has 0 N–H and O–H groups in total. The average molecular weight is 879 g/mol. The lowest BCUT2D eigenvalue weighted by Crippen LogP contribution is -2.26. The Hall–Kier alpha value is -9.19. The maximum atomic E-state index is 6.72. The van der Waals surface area contributed by atoms with Gasteiger partial charge in [0.15, 0.2) is 17.5 Å². The Morgan fingerprint density at radius 1 is 0.319 bits per heavy atom. The van der Waals surface area contributed by atoms with Crippen LogP contribution in [0.25, 0.3) is 117 Å². The number of nitrogens with zero attached hydrogens (tertiary/aromatic N) is 4. The summed E-state index contributed by atoms with van der Waals surface area (Å²) in [5.74, 6) is 1.79. The standard InChI is InChI=1S/C64H38N4O/c1-3-16-39(17-4-1)61-65-62(40-18-5-2-6-19-40)67-63(66-61)50-25-15-24-49-52-37-42(31-35-59(52)69-60(49)50)41-30-34-58-51(36-41)48-23-10-14-29-57(48)68(58)43-32-33-47-46-22-9-13-28-55(46)64(56(47)38-43)53-26-11-7-20-44(53)45-21-8-12-27-54(45)64/h1-38H. The van der Waals surface area contributed by atoms with Crippen LogP contribution in [0.5, 0.6) is 0 Å². The third kappa shape index (κ3) is 5.38. The van der Waals surface area contributed by atoms with E-state index in [9.17, 15) is 0 Å². The first-order chi connectivity index (χ1) is 34.2. The molecule has 2 aliphatic rings. The number of benzene rings is 10. The molecule has 0 atom stereocenters. The van der Waals surface area contributed by atoms with Gasteiger partial charge in [0.1, 0.15) is 11.2 Å². The third-order valence-corrected chi connectivity index (χ3v) is 14.7. The molecule has 0 saturated carbocycles. The van der Waals surface area contributed by atoms with Gasteiger partial charge in [-0.3, -0.25) is 0 Å². The minimum Gasteiger partial charge on any atom is -0.455 e. The molecule has 3 aromatic heterocycles. The molecule has 0 radical (unpaired) electrons. The summed E-state index contributed by atoms with van der Waals surface area (Å²) in [5.41, 5.74) is 20.1. The molecular formula is C64H38N4O. The average Bonchev–Trinajstić information content (AvgIpc) is 4.14. The van der Waals surface area contributed by atoms with Crippen LogP contribution >= 0.6 is 0 Å². The van der Waals surface area contributed by atoms with Gasteiger partial charge in [-0.15, -0.1) is 0 Å². The Kier molecular flexibility index (Phi) is 7.93. The van der Waals surface area contributed by atoms with E-state index in [0.717, 1.165) is 55.4 Å². The minimum absolute atomic E-state index is 0.417. The van der Waals surface area contributed by atoms with Crippen molar-refractivity contribution in [3.05, 3.63) is 253 Å². The summed E-state index contributed by atoms with van der Waals surface area (Å²) >= 11 is 0. The molecule has 0 aliphatic heterocycles. The summed E-state index contributed by atoms with van der Waals surface area (Å²) in [7, 11) is 0. The van der Waals surface area contributed by atoms with Crippen molar-refractivity contribution < 1.29 is 4.42 Å². The van der Waals surface area contributed by atoms with Crippen molar-refractivity contribution in [3.63, 3.8) is 0 Å². The summed E-state index contributed by atoms with van der Waals surface area (Å²) in [6, 6.07) is 82.8. The fraction of sp³-hybridized carbons (Fsp3) is 0.0156. The maximum Gasteiger partial charge on any atom is 0.167 e. The monoisotopic (exact) mass is 878 g/mol. The Morgan fingerprint density at radius 2 is 0.826 bits per heavy atom. The van der Waals surface area contributed by atoms with Crippen LogP contribution in [-0.2, 0) is 5.41 Å². The number of hydrogen-bond donors (Lipinski definition) is 0. The smallest absolute Gasteiger partial charge is 0.167 e. The predicted octanol–water partition coefficient (Wildman–Crippen LogP) is 15.9. The van der Waals surface area contributed by atoms with E-state index in [4.69, 9.17) is 19.4 Å². The molecule has 3 heterocycles. The lowest BCUT2D eigenvalue weighted by molar-refractivity contribution is 0.669. The van der Waals surface area contributed by atoms with E-state index in [2.05, 4.69) is 168 Å². The zero-order valence-electron chi connectivity index (χ0n) is 37.1. The van der Waals surface area contributed by atoms with Gasteiger partial charge in [0.05, 0.1) is 22.0 Å². The van der Waals surface area contributed by atoms with Gasteiger partial charge >= 0.3 is 0 Å². The molecule has 10 aromatic carbocycles. The molecule has 0 bridgehead atoms. The second-order valence-electron chi connectivity index (χ2n) is 18.2. The van der Waals surface area contributed by atoms with Crippen LogP contribution in [0.3, 0.4) is 0 Å². The SMILES string of the molecule is c1ccc(-c2nc(-c3ccccc3)nc(-c3cccc4c3oc3ccc(-c5ccc6c(c5)c5ccccc5n6-c5ccc6c(c5)C5(c7ccccc7-c7ccccc75)c5ccccc5-6)cc34)n2)cc1. The number of hydrogen-bond acceptors (Lipinski definition) is 4. The highest BCUT2D eigenvalue weighted by atomic mass is 16.3. The van der Waals surface area contributed by atoms with Gasteiger partial charge in [-0.05, 0) is 104 Å². The zero-order valence-corrected chi connectivity index (χ0v) is 37.1. The van der Waals surface area contributed by atoms with Gasteiger partial charge < -0.3 is 8.98 Å². The molecule has 5 nitrogen and oxygen atoms in total. The molecule has 0 unspecified atom stereocenters. The van der Waals surface area contributed by atoms with Crippen LogP contribution in [0.4, 0.5) is 0 Å². The van der Waals surface area contributed by atoms with Gasteiger partial charge in [0.25, 0.3) is 0 Å². The summed E-state index contributed by atoms with van der Waals surface area (Å²) < 4.78 is 9.18. The first kappa shape index (κ1) is 38.0. The van der Waals surface area contributed by atoms with Gasteiger partial charge in [-0.1, -0.05) is 182 Å². The van der Waals surface area contributed by atoms with Crippen LogP contribution in [0.2, 0.25) is 0 Å². The van der Waals surface area contributed by atoms with Crippen LogP contribution in [0, 0.1) is 0 Å². The summed E-state index contributed by atoms with van der Waals surface area (Å²) in [4.78, 5) is 15.0. The number of para-hydroxylation sites is 2. The lowest BCUT2D eigenvalue weighted by Gasteiger charge is -2.30. The molecule has 0 fully saturated rings. The Morgan fingerprint density at radius 3 is 1.49 bits per heavy atom. The van der Waals surface area contributed by atoms with Crippen LogP contribution < -0.4 is 0 Å². The van der Waals surface area contributed by atoms with Crippen molar-refractivity contribution in [2.45, 2.75) is 5.41 Å². The van der Waals surface area contributed by atoms with Gasteiger partial charge in [0.2, 0.25) is 0 Å². The van der Waals surface area contributed by atoms with Crippen molar-refractivity contribution in [3.8, 4) is 73.2 Å². The van der Waals surface area contributed by atoms with Crippen molar-refractivity contribution in [2.24, 2.45) is 0 Å². The summed E-state index contributed by atoms with van der Waals surface area (Å²) in [6.45, 7) is 0. The van der Waals surface area contributed by atoms with Gasteiger partial charge in [-0.2, -0.15) is 0 Å². The van der Waals surface area contributed by atoms with E-state index in [1.165, 1.54) is 66.3 Å². The van der Waals surface area contributed by atoms with Gasteiger partial charge in [0, 0.05) is 38.4 Å². The number of aromatic nitrogens is 4. The first-order valence-electron chi connectivity index (χ1n) is 23.5. The van der Waals surface area contributed by atoms with Crippen molar-refractivity contribution >= 4 is 43.7 Å². The highest BCUT2D eigenvalue weighted by Crippen LogP contribution is 2.63. The highest BCUT2D eigenvalue weighted by Gasteiger charge is 2.51. The van der Waals surface area contributed by atoms with E-state index < -0.39 is 5.41 Å². The highest BCUT2D eigenvalue weighted by molar-refractivity contribution is 6.13. The number of furan rings is 1. The topological polar surface area (TPSA) is 56.7 Å². The minimum atomic E-state index is -0.417. The molecule has 1 spiro atoms. The molecule has 15 rings (SSSR count). The second-order valence-corrected chi connectivity index (χ2v) is 18.2. The predicted molar refractivity (Wildman–Crippen MR) is 279 cm³/mol. The summed E-state index contributed by atoms with van der Waals surface area (Å²) in [5, 5.41) is 4.46. The molecule has 13 aromatic rings. The Balaban J connectivity index is 0.869. The Bertz CT molecular complexity index is 4140. The second kappa shape index (κ2) is 14.4. The third-order valence-electron chi connectivity index (χ3n) is 14.7. The molecule has 5 heteroatoms. The molecule has 320 valence electrons. The van der Waals surface area contributed by atoms with Crippen LogP contribution in [0.1, 0.15) is 22.3 Å². The van der Waals surface area contributed by atoms with E-state index in [0.29, 0.717) is 17.5 Å². The normalized spacial score (nSPS) is 13.0. The van der Waals surface area contributed by atoms with Crippen molar-refractivity contribution in [2.75, 3.05) is 0 Å². The molecule has 0 saturated heterocycles. The van der Waals surface area contributed by atoms with E-state index in [-0.39, 0.29) is 0 Å². The lowest BCUT2D eigenvalue weighted by atomic mass is 9.70. The molecule has 2 aliphatic carbocycles. The van der Waals surface area contributed by atoms with E-state index in [1.807, 2.05) is 66.7 Å². The first-order valence-corrected chi connectivity index (χ1v) is 23.5. The molecular weight excluding hydrogens is 841 g/mol. The van der Waals surface area contributed by atoms with Gasteiger partial charge in [-0.25, -0.2) is 15.0 Å². The maximum absolute atomic E-state index is 6.72. The van der Waals surface area contributed by atoms with E-state index in [1.54, 1.807) is 0 Å². The van der Waals surface area contributed by atoms with Crippen LogP contribution in [0.15, 0.2) is 235 Å². The molecule has 0 amide bonds. The fourth-order valence-corrected chi connectivity index (χ4v) is 11.7. The number of rotatable bonds is 5. The zero-order chi connectivity index (χ0) is 45.2. The van der Waals surface area contributed by atoms with E-state index >= 15 is 0 Å². The number of fused-ring (bicyclic) bond motifs is 16. The Labute approximate surface area is 397 Å². The van der Waals surface area contributed by atoms with Crippen LogP contribution in [-0.4, -0.2) is 19.5 Å². The summed E-state index contributed by atoms with van der Waals surface area (Å²) in [6.07, 6.45) is 0. The molecule has 69 heavy (non-hydrogen) atoms.